The zero-order valence-corrected chi connectivity index (χ0v) is 16.0. The van der Waals surface area contributed by atoms with E-state index in [9.17, 15) is 10.1 Å². The SMILES string of the molecule is CCCCCC(C)(OC)C(=O)Nc1ccc(OC(C)CC)cc1C#N. The van der Waals surface area contributed by atoms with E-state index >= 15 is 0 Å². The molecule has 1 rings (SSSR count). The molecule has 5 heteroatoms. The predicted molar refractivity (Wildman–Crippen MR) is 99.7 cm³/mol. The molecule has 1 aromatic rings. The zero-order chi connectivity index (χ0) is 18.9. The Morgan fingerprint density at radius 3 is 2.64 bits per heavy atom. The van der Waals surface area contributed by atoms with Gasteiger partial charge in [-0.15, -0.1) is 0 Å². The van der Waals surface area contributed by atoms with Gasteiger partial charge in [-0.25, -0.2) is 0 Å². The number of hydrogen-bond donors (Lipinski definition) is 1. The summed E-state index contributed by atoms with van der Waals surface area (Å²) in [5.41, 5.74) is -0.0581. The molecule has 1 amide bonds. The maximum Gasteiger partial charge on any atom is 0.256 e. The maximum absolute atomic E-state index is 12.7. The topological polar surface area (TPSA) is 71.3 Å². The molecule has 2 atom stereocenters. The molecule has 25 heavy (non-hydrogen) atoms. The summed E-state index contributed by atoms with van der Waals surface area (Å²) in [5.74, 6) is 0.388. The molecule has 5 nitrogen and oxygen atoms in total. The fourth-order valence-corrected chi connectivity index (χ4v) is 2.39. The van der Waals surface area contributed by atoms with Crippen LogP contribution in [-0.2, 0) is 9.53 Å². The monoisotopic (exact) mass is 346 g/mol. The molecule has 0 aromatic heterocycles. The van der Waals surface area contributed by atoms with Gasteiger partial charge in [0.2, 0.25) is 0 Å². The van der Waals surface area contributed by atoms with Crippen molar-refractivity contribution in [2.24, 2.45) is 0 Å². The van der Waals surface area contributed by atoms with E-state index in [4.69, 9.17) is 9.47 Å². The van der Waals surface area contributed by atoms with Crippen LogP contribution in [0.4, 0.5) is 5.69 Å². The van der Waals surface area contributed by atoms with Crippen LogP contribution in [0.25, 0.3) is 0 Å². The third-order valence-corrected chi connectivity index (χ3v) is 4.46. The number of nitrogens with zero attached hydrogens (tertiary/aromatic N) is 1. The lowest BCUT2D eigenvalue weighted by Crippen LogP contribution is -2.42. The van der Waals surface area contributed by atoms with Crippen LogP contribution >= 0.6 is 0 Å². The Labute approximate surface area is 151 Å². The van der Waals surface area contributed by atoms with Crippen LogP contribution in [0.2, 0.25) is 0 Å². The molecule has 0 fully saturated rings. The van der Waals surface area contributed by atoms with Crippen LogP contribution in [0.5, 0.6) is 5.75 Å². The fourth-order valence-electron chi connectivity index (χ4n) is 2.39. The Kier molecular flexibility index (Phi) is 8.44. The third kappa shape index (κ3) is 6.06. The molecule has 0 radical (unpaired) electrons. The molecular formula is C20H30N2O3. The van der Waals surface area contributed by atoms with Gasteiger partial charge in [-0.3, -0.25) is 4.79 Å². The second-order valence-corrected chi connectivity index (χ2v) is 6.50. The summed E-state index contributed by atoms with van der Waals surface area (Å²) in [6, 6.07) is 7.25. The number of methoxy groups -OCH3 is 1. The number of benzene rings is 1. The van der Waals surface area contributed by atoms with Gasteiger partial charge in [-0.05, 0) is 38.8 Å². The summed E-state index contributed by atoms with van der Waals surface area (Å²) < 4.78 is 11.2. The van der Waals surface area contributed by atoms with Gasteiger partial charge in [0.05, 0.1) is 17.4 Å². The van der Waals surface area contributed by atoms with E-state index in [1.807, 2.05) is 13.8 Å². The van der Waals surface area contributed by atoms with Crippen molar-refractivity contribution in [2.75, 3.05) is 12.4 Å². The van der Waals surface area contributed by atoms with Crippen molar-refractivity contribution in [1.29, 1.82) is 5.26 Å². The summed E-state index contributed by atoms with van der Waals surface area (Å²) >= 11 is 0. The highest BCUT2D eigenvalue weighted by molar-refractivity contribution is 5.98. The van der Waals surface area contributed by atoms with E-state index in [1.165, 1.54) is 0 Å². The van der Waals surface area contributed by atoms with E-state index in [2.05, 4.69) is 18.3 Å². The number of nitrogens with one attached hydrogen (secondary N) is 1. The lowest BCUT2D eigenvalue weighted by Gasteiger charge is -2.27. The Hall–Kier alpha value is -2.06. The number of unbranched alkanes of at least 4 members (excludes halogenated alkanes) is 2. The summed E-state index contributed by atoms with van der Waals surface area (Å²) in [5, 5.41) is 12.2. The minimum Gasteiger partial charge on any atom is -0.491 e. The fraction of sp³-hybridized carbons (Fsp3) is 0.600. The second kappa shape index (κ2) is 10.0. The van der Waals surface area contributed by atoms with Crippen molar-refractivity contribution in [2.45, 2.75) is 71.5 Å². The molecule has 0 bridgehead atoms. The summed E-state index contributed by atoms with van der Waals surface area (Å²) in [4.78, 5) is 12.7. The van der Waals surface area contributed by atoms with Crippen molar-refractivity contribution < 1.29 is 14.3 Å². The summed E-state index contributed by atoms with van der Waals surface area (Å²) in [6.45, 7) is 7.91. The number of anilines is 1. The largest absolute Gasteiger partial charge is 0.491 e. The van der Waals surface area contributed by atoms with Gasteiger partial charge in [-0.1, -0.05) is 33.1 Å². The first kappa shape index (κ1) is 21.0. The van der Waals surface area contributed by atoms with Crippen LogP contribution in [0.15, 0.2) is 18.2 Å². The molecule has 138 valence electrons. The highest BCUT2D eigenvalue weighted by atomic mass is 16.5. The molecule has 0 aliphatic carbocycles. The maximum atomic E-state index is 12.7. The van der Waals surface area contributed by atoms with Crippen LogP contribution in [0.1, 0.15) is 65.4 Å². The molecule has 0 heterocycles. The molecular weight excluding hydrogens is 316 g/mol. The van der Waals surface area contributed by atoms with Gasteiger partial charge in [0, 0.05) is 13.2 Å². The van der Waals surface area contributed by atoms with Gasteiger partial charge < -0.3 is 14.8 Å². The molecule has 0 aliphatic rings. The Morgan fingerprint density at radius 1 is 1.36 bits per heavy atom. The number of nitriles is 1. The molecule has 2 unspecified atom stereocenters. The first-order valence-corrected chi connectivity index (χ1v) is 8.97. The molecule has 1 aromatic carbocycles. The normalized spacial score (nSPS) is 14.2. The van der Waals surface area contributed by atoms with Crippen molar-refractivity contribution in [1.82, 2.24) is 0 Å². The van der Waals surface area contributed by atoms with Gasteiger partial charge in [0.25, 0.3) is 5.91 Å². The third-order valence-electron chi connectivity index (χ3n) is 4.46. The van der Waals surface area contributed by atoms with E-state index in [0.717, 1.165) is 25.7 Å². The highest BCUT2D eigenvalue weighted by Gasteiger charge is 2.32. The molecule has 0 saturated carbocycles. The van der Waals surface area contributed by atoms with Crippen molar-refractivity contribution in [3.05, 3.63) is 23.8 Å². The number of hydrogen-bond acceptors (Lipinski definition) is 4. The molecule has 0 saturated heterocycles. The summed E-state index contributed by atoms with van der Waals surface area (Å²) in [6.07, 6.45) is 4.64. The van der Waals surface area contributed by atoms with Gasteiger partial charge in [0.1, 0.15) is 17.4 Å². The first-order valence-electron chi connectivity index (χ1n) is 8.97. The zero-order valence-electron chi connectivity index (χ0n) is 16.0. The van der Waals surface area contributed by atoms with E-state index < -0.39 is 5.60 Å². The van der Waals surface area contributed by atoms with Crippen LogP contribution < -0.4 is 10.1 Å². The number of ether oxygens (including phenoxy) is 2. The predicted octanol–water partition coefficient (Wildman–Crippen LogP) is 4.66. The number of carbonyl (C=O) groups is 1. The Morgan fingerprint density at radius 2 is 2.08 bits per heavy atom. The lowest BCUT2D eigenvalue weighted by molar-refractivity contribution is -0.136. The Balaban J connectivity index is 2.90. The standard InChI is InChI=1S/C20H30N2O3/c1-6-8-9-12-20(4,24-5)19(23)22-18-11-10-17(13-16(18)14-21)25-15(3)7-2/h10-11,13,15H,6-9,12H2,1-5H3,(H,22,23). The first-order chi connectivity index (χ1) is 11.9. The van der Waals surface area contributed by atoms with Crippen molar-refractivity contribution >= 4 is 11.6 Å². The lowest BCUT2D eigenvalue weighted by atomic mass is 9.96. The number of carbonyl (C=O) groups excluding carboxylic acids is 1. The second-order valence-electron chi connectivity index (χ2n) is 6.50. The van der Waals surface area contributed by atoms with E-state index in [-0.39, 0.29) is 12.0 Å². The van der Waals surface area contributed by atoms with Crippen LogP contribution in [-0.4, -0.2) is 24.7 Å². The average molecular weight is 346 g/mol. The molecule has 0 aliphatic heterocycles. The quantitative estimate of drug-likeness (QED) is 0.625. The van der Waals surface area contributed by atoms with Crippen molar-refractivity contribution in [3.63, 3.8) is 0 Å². The van der Waals surface area contributed by atoms with Gasteiger partial charge in [-0.2, -0.15) is 5.26 Å². The van der Waals surface area contributed by atoms with Crippen LogP contribution in [0, 0.1) is 11.3 Å². The Bertz CT molecular complexity index is 609. The highest BCUT2D eigenvalue weighted by Crippen LogP contribution is 2.26. The summed E-state index contributed by atoms with van der Waals surface area (Å²) in [7, 11) is 1.54. The number of rotatable bonds is 10. The van der Waals surface area contributed by atoms with Crippen molar-refractivity contribution in [3.8, 4) is 11.8 Å². The van der Waals surface area contributed by atoms with Gasteiger partial charge in [0.15, 0.2) is 0 Å². The average Bonchev–Trinajstić information content (AvgIpc) is 2.62. The molecule has 1 N–H and O–H groups in total. The molecule has 0 spiro atoms. The smallest absolute Gasteiger partial charge is 0.256 e. The minimum absolute atomic E-state index is 0.0716. The van der Waals surface area contributed by atoms with Crippen LogP contribution in [0.3, 0.4) is 0 Å². The van der Waals surface area contributed by atoms with E-state index in [0.29, 0.717) is 23.4 Å². The number of amides is 1. The van der Waals surface area contributed by atoms with Gasteiger partial charge >= 0.3 is 0 Å². The minimum atomic E-state index is -0.909. The van der Waals surface area contributed by atoms with E-state index in [1.54, 1.807) is 32.2 Å².